The van der Waals surface area contributed by atoms with Crippen LogP contribution in [0.25, 0.3) is 0 Å². The van der Waals surface area contributed by atoms with Gasteiger partial charge in [0.25, 0.3) is 0 Å². The van der Waals surface area contributed by atoms with E-state index in [-0.39, 0.29) is 28.8 Å². The number of hydrogen-bond acceptors (Lipinski definition) is 3. The van der Waals surface area contributed by atoms with Crippen LogP contribution in [0.2, 0.25) is 5.02 Å². The number of rotatable bonds is 3. The van der Waals surface area contributed by atoms with Crippen molar-refractivity contribution in [2.45, 2.75) is 30.7 Å². The number of nitrogens with zero attached hydrogens (tertiary/aromatic N) is 3. The number of imidazole rings is 1. The highest BCUT2D eigenvalue weighted by atomic mass is 35.5. The van der Waals surface area contributed by atoms with Crippen molar-refractivity contribution in [2.24, 2.45) is 7.05 Å². The monoisotopic (exact) mass is 439 g/mol. The summed E-state index contributed by atoms with van der Waals surface area (Å²) in [6.45, 7) is 2.63. The maximum atomic E-state index is 14.8. The molecule has 5 rings (SSSR count). The predicted octanol–water partition coefficient (Wildman–Crippen LogP) is 3.33. The second-order valence-electron chi connectivity index (χ2n) is 8.06. The Bertz CT molecular complexity index is 1090. The second-order valence-corrected chi connectivity index (χ2v) is 8.83. The molecule has 1 saturated carbocycles. The molecule has 0 bridgehead atoms. The zero-order valence-corrected chi connectivity index (χ0v) is 17.5. The van der Waals surface area contributed by atoms with Crippen molar-refractivity contribution in [3.63, 3.8) is 0 Å². The summed E-state index contributed by atoms with van der Waals surface area (Å²) in [5, 5.41) is -0.0788. The predicted molar refractivity (Wildman–Crippen MR) is 106 cm³/mol. The van der Waals surface area contributed by atoms with Crippen LogP contribution in [-0.4, -0.2) is 46.2 Å². The molecule has 1 amide bonds. The lowest BCUT2D eigenvalue weighted by molar-refractivity contribution is -0.134. The van der Waals surface area contributed by atoms with Gasteiger partial charge in [-0.2, -0.15) is 0 Å². The molecule has 5 nitrogen and oxygen atoms in total. The first-order chi connectivity index (χ1) is 13.8. The molecule has 1 saturated heterocycles. The normalized spacial score (nSPS) is 25.1. The van der Waals surface area contributed by atoms with Crippen molar-refractivity contribution in [2.75, 3.05) is 26.3 Å². The highest BCUT2D eigenvalue weighted by molar-refractivity contribution is 7.71. The van der Waals surface area contributed by atoms with Gasteiger partial charge >= 0.3 is 0 Å². The number of carbonyl (C=O) groups is 1. The van der Waals surface area contributed by atoms with Crippen molar-refractivity contribution in [3.05, 3.63) is 50.5 Å². The zero-order valence-electron chi connectivity index (χ0n) is 15.9. The molecular formula is C20H20ClF2N3O2S. The minimum atomic E-state index is -0.693. The van der Waals surface area contributed by atoms with Crippen molar-refractivity contribution >= 4 is 29.7 Å². The lowest BCUT2D eigenvalue weighted by atomic mass is 9.92. The van der Waals surface area contributed by atoms with Crippen molar-refractivity contribution in [1.29, 1.82) is 0 Å². The standard InChI is InChI=1S/C20H20ClF2N3O2S/c1-24-14(8-15(27)25-4-6-28-7-5-25)18-11-9-20(11,10-26(18)19(24)29)16-13(22)3-2-12(21)17(16)23/h2-3,11H,4-10H2,1H3/t11-,20-/m0/s1. The summed E-state index contributed by atoms with van der Waals surface area (Å²) in [7, 11) is 1.85. The summed E-state index contributed by atoms with van der Waals surface area (Å²) in [4.78, 5) is 14.6. The summed E-state index contributed by atoms with van der Waals surface area (Å²) >= 11 is 11.5. The molecule has 3 heterocycles. The van der Waals surface area contributed by atoms with Crippen LogP contribution in [0.4, 0.5) is 8.78 Å². The molecule has 0 spiro atoms. The van der Waals surface area contributed by atoms with Gasteiger partial charge in [0.2, 0.25) is 5.91 Å². The van der Waals surface area contributed by atoms with Gasteiger partial charge in [-0.25, -0.2) is 8.78 Å². The van der Waals surface area contributed by atoms with Crippen molar-refractivity contribution in [3.8, 4) is 0 Å². The van der Waals surface area contributed by atoms with Gasteiger partial charge in [0, 0.05) is 55.0 Å². The lowest BCUT2D eigenvalue weighted by Gasteiger charge is -2.27. The van der Waals surface area contributed by atoms with Crippen LogP contribution in [0.3, 0.4) is 0 Å². The van der Waals surface area contributed by atoms with Gasteiger partial charge in [-0.15, -0.1) is 0 Å². The Labute approximate surface area is 176 Å². The Morgan fingerprint density at radius 3 is 2.79 bits per heavy atom. The van der Waals surface area contributed by atoms with Crippen LogP contribution < -0.4 is 0 Å². The summed E-state index contributed by atoms with van der Waals surface area (Å²) in [6, 6.07) is 2.46. The third-order valence-corrected chi connectivity index (χ3v) is 7.37. The molecule has 2 aromatic rings. The number of fused-ring (bicyclic) bond motifs is 3. The van der Waals surface area contributed by atoms with Gasteiger partial charge < -0.3 is 18.8 Å². The Balaban J connectivity index is 1.51. The molecule has 0 unspecified atom stereocenters. The van der Waals surface area contributed by atoms with E-state index in [0.29, 0.717) is 44.0 Å². The third-order valence-electron chi connectivity index (χ3n) is 6.58. The molecule has 29 heavy (non-hydrogen) atoms. The molecule has 2 aliphatic heterocycles. The van der Waals surface area contributed by atoms with E-state index in [0.717, 1.165) is 11.4 Å². The fourth-order valence-electron chi connectivity index (χ4n) is 5.01. The number of amides is 1. The van der Waals surface area contributed by atoms with Crippen LogP contribution in [0.15, 0.2) is 12.1 Å². The Morgan fingerprint density at radius 2 is 2.07 bits per heavy atom. The van der Waals surface area contributed by atoms with Crippen LogP contribution in [0.5, 0.6) is 0 Å². The number of morpholine rings is 1. The minimum Gasteiger partial charge on any atom is -0.378 e. The molecule has 9 heteroatoms. The number of halogens is 3. The fraction of sp³-hybridized carbons (Fsp3) is 0.500. The maximum absolute atomic E-state index is 14.8. The average molecular weight is 440 g/mol. The summed E-state index contributed by atoms with van der Waals surface area (Å²) < 4.78 is 39.0. The molecule has 2 fully saturated rings. The van der Waals surface area contributed by atoms with Crippen LogP contribution in [-0.2, 0) is 35.0 Å². The van der Waals surface area contributed by atoms with Gasteiger partial charge in [0.05, 0.1) is 24.7 Å². The fourth-order valence-corrected chi connectivity index (χ4v) is 5.44. The van der Waals surface area contributed by atoms with E-state index in [1.54, 1.807) is 4.90 Å². The molecule has 154 valence electrons. The van der Waals surface area contributed by atoms with Gasteiger partial charge in [-0.1, -0.05) is 11.6 Å². The number of benzene rings is 1. The number of carbonyl (C=O) groups excluding carboxylic acids is 1. The number of aromatic nitrogens is 2. The van der Waals surface area contributed by atoms with Crippen LogP contribution in [0, 0.1) is 16.4 Å². The van der Waals surface area contributed by atoms with E-state index in [2.05, 4.69) is 0 Å². The maximum Gasteiger partial charge on any atom is 0.228 e. The molecule has 1 aromatic carbocycles. The van der Waals surface area contributed by atoms with Gasteiger partial charge in [-0.3, -0.25) is 4.79 Å². The molecule has 2 atom stereocenters. The summed E-state index contributed by atoms with van der Waals surface area (Å²) in [5.74, 6) is -1.33. The molecule has 1 aromatic heterocycles. The second kappa shape index (κ2) is 6.62. The van der Waals surface area contributed by atoms with Gasteiger partial charge in [0.1, 0.15) is 11.6 Å². The van der Waals surface area contributed by atoms with Crippen LogP contribution in [0.1, 0.15) is 29.3 Å². The van der Waals surface area contributed by atoms with Crippen molar-refractivity contribution in [1.82, 2.24) is 14.0 Å². The highest BCUT2D eigenvalue weighted by Gasteiger charge is 2.64. The first-order valence-electron chi connectivity index (χ1n) is 9.63. The van der Waals surface area contributed by atoms with Crippen LogP contribution >= 0.6 is 23.8 Å². The van der Waals surface area contributed by atoms with Crippen molar-refractivity contribution < 1.29 is 18.3 Å². The zero-order chi connectivity index (χ0) is 20.5. The van der Waals surface area contributed by atoms with E-state index in [1.165, 1.54) is 12.1 Å². The molecule has 0 N–H and O–H groups in total. The van der Waals surface area contributed by atoms with E-state index in [4.69, 9.17) is 28.6 Å². The quantitative estimate of drug-likeness (QED) is 0.544. The third kappa shape index (κ3) is 2.72. The first kappa shape index (κ1) is 19.2. The largest absolute Gasteiger partial charge is 0.378 e. The Kier molecular flexibility index (Phi) is 4.38. The Hall–Kier alpha value is -1.77. The van der Waals surface area contributed by atoms with E-state index in [9.17, 15) is 13.6 Å². The van der Waals surface area contributed by atoms with E-state index >= 15 is 0 Å². The smallest absolute Gasteiger partial charge is 0.228 e. The molecule has 3 aliphatic rings. The van der Waals surface area contributed by atoms with E-state index < -0.39 is 17.0 Å². The minimum absolute atomic E-state index is 0.0190. The topological polar surface area (TPSA) is 39.4 Å². The Morgan fingerprint density at radius 1 is 1.34 bits per heavy atom. The lowest BCUT2D eigenvalue weighted by Crippen LogP contribution is -2.41. The average Bonchev–Trinajstić information content (AvgIpc) is 3.26. The number of hydrogen-bond donors (Lipinski definition) is 0. The molecular weight excluding hydrogens is 420 g/mol. The first-order valence-corrected chi connectivity index (χ1v) is 10.4. The molecule has 0 radical (unpaired) electrons. The summed E-state index contributed by atoms with van der Waals surface area (Å²) in [5.41, 5.74) is 1.13. The SMILES string of the molecule is Cn1c(CC(=O)N2CCOCC2)c2n(c1=S)C[C@@]1(c3c(F)ccc(Cl)c3F)C[C@@H]21. The number of ether oxygens (including phenoxy) is 1. The molecule has 1 aliphatic carbocycles. The van der Waals surface area contributed by atoms with Gasteiger partial charge in [0.15, 0.2) is 4.77 Å². The summed E-state index contributed by atoms with van der Waals surface area (Å²) in [6.07, 6.45) is 0.842. The van der Waals surface area contributed by atoms with E-state index in [1.807, 2.05) is 16.2 Å². The van der Waals surface area contributed by atoms with Gasteiger partial charge in [-0.05, 0) is 30.8 Å². The highest BCUT2D eigenvalue weighted by Crippen LogP contribution is 2.67.